The fourth-order valence-electron chi connectivity index (χ4n) is 6.02. The van der Waals surface area contributed by atoms with Crippen LogP contribution in [-0.2, 0) is 170 Å². The van der Waals surface area contributed by atoms with Gasteiger partial charge in [0.2, 0.25) is 0 Å². The Bertz CT molecular complexity index is 2950. The van der Waals surface area contributed by atoms with Crippen LogP contribution in [0.1, 0.15) is 0 Å². The Kier molecular flexibility index (Phi) is 21.8. The third-order valence-electron chi connectivity index (χ3n) is 8.02. The highest BCUT2D eigenvalue weighted by Crippen LogP contribution is 2.36. The SMILES string of the molecule is O=S(O)O[C@H]1[C@H](OC[C@H]2O[C@H](CO[C@@H]3O[C@@H](COS(=O)(=O)O)[C@@H](OS(=O)(=O)O)[C@H](OS(=O)(=O)O)[C@H]3OS(=O)(=O)O)[C@@H](OS(=O)(=O)O)[C@@H]2OS(=O)(=O)O)O[C@@H](COS(=O)(=O)O)[C@@H](OS(=O)(=O)O)[C@@H]1OS(=O)(=O)O. The molecule has 0 aromatic rings. The fraction of sp³-hybridized carbons (Fsp3) is 1.00. The topological polar surface area (TPSA) is 665 Å². The lowest BCUT2D eigenvalue weighted by Gasteiger charge is -2.43. The molecule has 428 valence electrons. The van der Waals surface area contributed by atoms with E-state index in [0.29, 0.717) is 0 Å². The van der Waals surface area contributed by atoms with E-state index in [1.165, 1.54) is 0 Å². The first kappa shape index (κ1) is 65.0. The smallest absolute Gasteiger partial charge is 0.364 e. The van der Waals surface area contributed by atoms with Crippen LogP contribution in [-0.4, -0.2) is 238 Å². The highest BCUT2D eigenvalue weighted by molar-refractivity contribution is 7.82. The molecule has 0 bridgehead atoms. The summed E-state index contributed by atoms with van der Waals surface area (Å²) in [5, 5.41) is 0. The quantitative estimate of drug-likeness (QED) is 0.0257. The van der Waals surface area contributed by atoms with Crippen molar-refractivity contribution in [2.45, 2.75) is 85.8 Å². The van der Waals surface area contributed by atoms with E-state index < -0.39 is 217 Å². The van der Waals surface area contributed by atoms with Crippen molar-refractivity contribution < 1.29 is 191 Å². The maximum atomic E-state index is 12.0. The minimum Gasteiger partial charge on any atom is -0.364 e. The molecule has 3 aliphatic heterocycles. The van der Waals surface area contributed by atoms with Crippen LogP contribution in [0.4, 0.5) is 0 Å². The molecule has 3 heterocycles. The van der Waals surface area contributed by atoms with E-state index in [-0.39, 0.29) is 0 Å². The molecule has 72 heavy (non-hydrogen) atoms. The number of hydrogen-bond acceptors (Lipinski definition) is 34. The molecule has 10 N–H and O–H groups in total. The monoisotopic (exact) mass is 1270 g/mol. The zero-order chi connectivity index (χ0) is 55.6. The van der Waals surface area contributed by atoms with Gasteiger partial charge in [0, 0.05) is 0 Å². The molecular formula is C18H32O44S10. The normalized spacial score (nSPS) is 32.4. The van der Waals surface area contributed by atoms with Gasteiger partial charge < -0.3 is 23.7 Å². The summed E-state index contributed by atoms with van der Waals surface area (Å²) in [6, 6.07) is 0. The van der Waals surface area contributed by atoms with E-state index in [0.717, 1.165) is 0 Å². The summed E-state index contributed by atoms with van der Waals surface area (Å²) in [6.07, 6.45) is -40.7. The Labute approximate surface area is 406 Å². The van der Waals surface area contributed by atoms with Crippen molar-refractivity contribution in [3.8, 4) is 0 Å². The second kappa shape index (κ2) is 24.2. The van der Waals surface area contributed by atoms with E-state index in [2.05, 4.69) is 41.8 Å². The molecule has 44 nitrogen and oxygen atoms in total. The van der Waals surface area contributed by atoms with Crippen LogP contribution in [0, 0.1) is 0 Å². The van der Waals surface area contributed by atoms with Gasteiger partial charge in [0.25, 0.3) is 0 Å². The molecule has 3 saturated heterocycles. The third kappa shape index (κ3) is 23.5. The predicted octanol–water partition coefficient (Wildman–Crippen LogP) is -8.29. The zero-order valence-electron chi connectivity index (χ0n) is 33.3. The van der Waals surface area contributed by atoms with E-state index in [1.54, 1.807) is 0 Å². The minimum atomic E-state index is -6.12. The minimum absolute atomic E-state index is 1.69. The van der Waals surface area contributed by atoms with Crippen molar-refractivity contribution in [1.29, 1.82) is 0 Å². The highest BCUT2D eigenvalue weighted by atomic mass is 32.3. The summed E-state index contributed by atoms with van der Waals surface area (Å²) in [6.45, 7) is -7.08. The Hall–Kier alpha value is -1.30. The van der Waals surface area contributed by atoms with Gasteiger partial charge in [0.05, 0.1) is 26.4 Å². The molecule has 3 aliphatic rings. The van der Waals surface area contributed by atoms with Crippen molar-refractivity contribution in [2.24, 2.45) is 0 Å². The zero-order valence-corrected chi connectivity index (χ0v) is 41.5. The average molecular weight is 1270 g/mol. The van der Waals surface area contributed by atoms with E-state index >= 15 is 0 Å². The summed E-state index contributed by atoms with van der Waals surface area (Å²) < 4.78 is 385. The molecule has 0 radical (unpaired) electrons. The summed E-state index contributed by atoms with van der Waals surface area (Å²) in [5.74, 6) is 0. The summed E-state index contributed by atoms with van der Waals surface area (Å²) >= 11 is -3.77. The lowest BCUT2D eigenvalue weighted by molar-refractivity contribution is -0.296. The van der Waals surface area contributed by atoms with Crippen LogP contribution in [0.5, 0.6) is 0 Å². The maximum absolute atomic E-state index is 12.0. The standard InChI is InChI=1S/C18H32O44S10/c19-63(20)55-15-13(60-70(39,40)41)11(58-68(33,34)35)7(3-50-64(21,22)23)53-17(15)48-1-5-9(56-66(27,28)29)10(57-67(30,31)32)6(52-5)2-49-18-16(62-72(45,46)47)14(61-71(42,43)44)12(59-69(36,37)38)8(54-18)4-51-65(24,25)26/h5-18H,1-4H2,(H,19,20)(H,21,22,23)(H,24,25,26)(H,27,28,29)(H,30,31,32)(H,33,34,35)(H,36,37,38)(H,39,40,41)(H,42,43,44)(H,45,46,47)/t5-,6-,7+,8+,9-,10-,11-,12-,13+,14+,15-,16-,17-,18-/m1/s1. The van der Waals surface area contributed by atoms with Crippen LogP contribution >= 0.6 is 0 Å². The van der Waals surface area contributed by atoms with Gasteiger partial charge >= 0.3 is 105 Å². The molecule has 1 unspecified atom stereocenters. The molecule has 15 atom stereocenters. The fourth-order valence-corrected chi connectivity index (χ4v) is 10.6. The van der Waals surface area contributed by atoms with Crippen molar-refractivity contribution >= 4 is 105 Å². The van der Waals surface area contributed by atoms with Gasteiger partial charge in [-0.2, -0.15) is 80.0 Å². The summed E-state index contributed by atoms with van der Waals surface area (Å²) in [5.41, 5.74) is 0. The Morgan fingerprint density at radius 1 is 0.319 bits per heavy atom. The number of hydrogen-bond donors (Lipinski definition) is 10. The van der Waals surface area contributed by atoms with Gasteiger partial charge in [-0.1, -0.05) is 0 Å². The maximum Gasteiger partial charge on any atom is 0.397 e. The third-order valence-corrected chi connectivity index (χ3v) is 12.5. The van der Waals surface area contributed by atoms with Gasteiger partial charge in [-0.05, 0) is 0 Å². The molecule has 0 saturated carbocycles. The van der Waals surface area contributed by atoms with E-state index in [4.69, 9.17) is 32.8 Å². The van der Waals surface area contributed by atoms with E-state index in [1.807, 2.05) is 0 Å². The first-order chi connectivity index (χ1) is 32.1. The Morgan fingerprint density at radius 2 is 0.556 bits per heavy atom. The molecular weight excluding hydrogens is 1240 g/mol. The summed E-state index contributed by atoms with van der Waals surface area (Å²) in [7, 11) is -53.6. The van der Waals surface area contributed by atoms with Crippen LogP contribution < -0.4 is 0 Å². The first-order valence-electron chi connectivity index (χ1n) is 16.9. The van der Waals surface area contributed by atoms with Gasteiger partial charge in [-0.15, -0.1) is 0 Å². The Morgan fingerprint density at radius 3 is 0.833 bits per heavy atom. The van der Waals surface area contributed by atoms with Crippen LogP contribution in [0.15, 0.2) is 0 Å². The van der Waals surface area contributed by atoms with Gasteiger partial charge in [0.1, 0.15) is 61.0 Å². The molecule has 3 fully saturated rings. The van der Waals surface area contributed by atoms with Gasteiger partial charge in [-0.25, -0.2) is 37.6 Å². The van der Waals surface area contributed by atoms with Gasteiger partial charge in [0.15, 0.2) is 24.8 Å². The van der Waals surface area contributed by atoms with Crippen LogP contribution in [0.2, 0.25) is 0 Å². The molecule has 0 spiro atoms. The predicted molar refractivity (Wildman–Crippen MR) is 203 cm³/mol. The lowest BCUT2D eigenvalue weighted by Crippen LogP contribution is -2.63. The highest BCUT2D eigenvalue weighted by Gasteiger charge is 2.58. The van der Waals surface area contributed by atoms with Crippen molar-refractivity contribution in [3.63, 3.8) is 0 Å². The average Bonchev–Trinajstić information content (AvgIpc) is 3.41. The molecule has 0 aromatic heterocycles. The second-order valence-electron chi connectivity index (χ2n) is 13.1. The van der Waals surface area contributed by atoms with Gasteiger partial charge in [-0.3, -0.25) is 49.7 Å². The molecule has 0 aromatic carbocycles. The molecule has 54 heteroatoms. The first-order valence-corrected chi connectivity index (χ1v) is 30.2. The molecule has 0 amide bonds. The molecule has 3 rings (SSSR count). The van der Waals surface area contributed by atoms with Crippen molar-refractivity contribution in [3.05, 3.63) is 0 Å². The largest absolute Gasteiger partial charge is 0.397 e. The van der Waals surface area contributed by atoms with Crippen LogP contribution in [0.3, 0.4) is 0 Å². The number of rotatable bonds is 28. The van der Waals surface area contributed by atoms with Crippen molar-refractivity contribution in [2.75, 3.05) is 26.4 Å². The second-order valence-corrected chi connectivity index (χ2v) is 23.2. The van der Waals surface area contributed by atoms with Crippen LogP contribution in [0.25, 0.3) is 0 Å². The summed E-state index contributed by atoms with van der Waals surface area (Å²) in [4.78, 5) is 0. The van der Waals surface area contributed by atoms with Crippen molar-refractivity contribution in [1.82, 2.24) is 0 Å². The lowest BCUT2D eigenvalue weighted by atomic mass is 9.99. The number of ether oxygens (including phenoxy) is 5. The Balaban J connectivity index is 2.20. The molecule has 0 aliphatic carbocycles. The van der Waals surface area contributed by atoms with E-state index in [9.17, 15) is 116 Å².